The van der Waals surface area contributed by atoms with Crippen LogP contribution in [0.1, 0.15) is 260 Å². The number of amides is 1. The predicted molar refractivity (Wildman–Crippen MR) is 284 cm³/mol. The molecule has 1 heterocycles. The second-order valence-electron chi connectivity index (χ2n) is 20.4. The van der Waals surface area contributed by atoms with E-state index in [0.717, 1.165) is 59.3 Å². The predicted octanol–water partition coefficient (Wildman–Crippen LogP) is 12.3. The maximum absolute atomic E-state index is 13.7. The van der Waals surface area contributed by atoms with Crippen molar-refractivity contribution in [3.05, 3.63) is 12.2 Å². The first-order chi connectivity index (χ1) is 35.2. The van der Waals surface area contributed by atoms with Crippen LogP contribution in [0.4, 0.5) is 0 Å². The molecule has 3 unspecified atom stereocenters. The van der Waals surface area contributed by atoms with E-state index in [1.54, 1.807) is 6.08 Å². The van der Waals surface area contributed by atoms with Crippen LogP contribution in [0.25, 0.3) is 0 Å². The summed E-state index contributed by atoms with van der Waals surface area (Å²) in [6, 6.07) is -1.10. The van der Waals surface area contributed by atoms with Gasteiger partial charge in [-0.2, -0.15) is 0 Å². The molecule has 15 heteroatoms. The van der Waals surface area contributed by atoms with E-state index in [1.165, 1.54) is 168 Å². The third-order valence-corrected chi connectivity index (χ3v) is 13.3. The van der Waals surface area contributed by atoms with Gasteiger partial charge in [-0.05, 0) is 25.3 Å². The Morgan fingerprint density at radius 2 is 0.904 bits per heavy atom. The lowest BCUT2D eigenvalue weighted by atomic mass is 9.98. The highest BCUT2D eigenvalue weighted by Crippen LogP contribution is 2.30. The largest absolute Gasteiger partial charge is 0.463 e. The lowest BCUT2D eigenvalue weighted by Gasteiger charge is -2.44. The van der Waals surface area contributed by atoms with Gasteiger partial charge in [-0.15, -0.1) is 0 Å². The Kier molecular flexibility index (Phi) is 41.3. The van der Waals surface area contributed by atoms with Gasteiger partial charge in [0.15, 0.2) is 24.6 Å². The molecule has 1 saturated heterocycles. The topological polar surface area (TPSA) is 199 Å². The molecule has 0 saturated carbocycles. The first-order valence-corrected chi connectivity index (χ1v) is 28.9. The smallest absolute Gasteiger partial charge is 0.303 e. The Balaban J connectivity index is 2.96. The summed E-state index contributed by atoms with van der Waals surface area (Å²) < 4.78 is 39.9. The average Bonchev–Trinajstić information content (AvgIpc) is 3.33. The van der Waals surface area contributed by atoms with Crippen LogP contribution in [-0.4, -0.2) is 103 Å². The van der Waals surface area contributed by atoms with Crippen LogP contribution in [0.5, 0.6) is 0 Å². The minimum absolute atomic E-state index is 0.227. The van der Waals surface area contributed by atoms with Crippen molar-refractivity contribution in [2.75, 3.05) is 13.2 Å². The molecule has 424 valence electrons. The average molecular weight is 1040 g/mol. The fourth-order valence-electron chi connectivity index (χ4n) is 9.35. The number of hydrogen-bond donors (Lipinski definition) is 2. The quantitative estimate of drug-likeness (QED) is 0.0252. The van der Waals surface area contributed by atoms with Crippen molar-refractivity contribution >= 4 is 35.8 Å². The Morgan fingerprint density at radius 3 is 1.32 bits per heavy atom. The molecule has 0 radical (unpaired) electrons. The molecule has 73 heavy (non-hydrogen) atoms. The number of unbranched alkanes of at least 4 members (excludes halogenated alkanes) is 30. The summed E-state index contributed by atoms with van der Waals surface area (Å²) in [5.41, 5.74) is 0. The Bertz CT molecular complexity index is 1490. The number of nitrogens with one attached hydrogen (secondary N) is 1. The van der Waals surface area contributed by atoms with Crippen LogP contribution in [0.2, 0.25) is 0 Å². The Labute approximate surface area is 441 Å². The molecule has 0 aliphatic carbocycles. The van der Waals surface area contributed by atoms with E-state index in [1.807, 2.05) is 6.08 Å². The van der Waals surface area contributed by atoms with E-state index >= 15 is 0 Å². The van der Waals surface area contributed by atoms with Gasteiger partial charge >= 0.3 is 29.8 Å². The van der Waals surface area contributed by atoms with Crippen LogP contribution in [0.15, 0.2) is 12.2 Å². The van der Waals surface area contributed by atoms with Crippen molar-refractivity contribution in [1.29, 1.82) is 0 Å². The lowest BCUT2D eigenvalue weighted by Crippen LogP contribution is -2.63. The first kappa shape index (κ1) is 67.5. The first-order valence-electron chi connectivity index (χ1n) is 28.9. The fraction of sp³-hybridized carbons (Fsp3) is 0.862. The van der Waals surface area contributed by atoms with E-state index in [-0.39, 0.29) is 6.42 Å². The zero-order chi connectivity index (χ0) is 53.9. The van der Waals surface area contributed by atoms with Crippen LogP contribution < -0.4 is 5.32 Å². The summed E-state index contributed by atoms with van der Waals surface area (Å²) in [6.07, 6.45) is 33.1. The molecule has 1 rings (SSSR count). The van der Waals surface area contributed by atoms with Gasteiger partial charge in [0, 0.05) is 34.6 Å². The van der Waals surface area contributed by atoms with Crippen LogP contribution in [0.3, 0.4) is 0 Å². The molecule has 8 atom stereocenters. The van der Waals surface area contributed by atoms with E-state index in [0.29, 0.717) is 12.8 Å². The molecule has 1 aliphatic rings. The summed E-state index contributed by atoms with van der Waals surface area (Å²) in [7, 11) is 0. The van der Waals surface area contributed by atoms with E-state index in [2.05, 4.69) is 19.2 Å². The Hall–Kier alpha value is -3.56. The standard InChI is InChI=1S/C58H103NO14/c1-8-10-12-14-16-18-20-22-23-24-25-26-27-28-30-31-33-35-37-39-41-51(65)57(66)59-50(52(69-46(4)61)42-40-38-36-34-32-29-21-19-17-15-13-11-9-2)43-68-58-56(72-49(7)64)55(71-48(6)63)54(70-47(5)62)53(73-58)44-67-45(3)60/h40,42,50-56,58,65H,8-39,41,43-44H2,1-7H3,(H,59,66)/b42-40+/t50-,51?,52+,53+,54-,55?,56?,58+/m0/s1. The van der Waals surface area contributed by atoms with Crippen molar-refractivity contribution in [3.8, 4) is 0 Å². The molecule has 15 nitrogen and oxygen atoms in total. The number of esters is 5. The highest BCUT2D eigenvalue weighted by Gasteiger charge is 2.53. The van der Waals surface area contributed by atoms with Gasteiger partial charge in [-0.1, -0.05) is 213 Å². The van der Waals surface area contributed by atoms with Gasteiger partial charge < -0.3 is 43.6 Å². The molecule has 0 spiro atoms. The molecule has 2 N–H and O–H groups in total. The lowest BCUT2D eigenvalue weighted by molar-refractivity contribution is -0.309. The highest BCUT2D eigenvalue weighted by molar-refractivity contribution is 5.81. The summed E-state index contributed by atoms with van der Waals surface area (Å²) in [4.78, 5) is 75.3. The number of aliphatic hydroxyl groups excluding tert-OH is 1. The Morgan fingerprint density at radius 1 is 0.507 bits per heavy atom. The molecule has 0 aromatic heterocycles. The van der Waals surface area contributed by atoms with Gasteiger partial charge in [0.25, 0.3) is 0 Å². The molecule has 0 aromatic rings. The maximum Gasteiger partial charge on any atom is 0.303 e. The summed E-state index contributed by atoms with van der Waals surface area (Å²) in [5, 5.41) is 13.9. The molecule has 0 bridgehead atoms. The number of allylic oxidation sites excluding steroid dienone is 1. The second kappa shape index (κ2) is 44.7. The number of rotatable bonds is 46. The number of ether oxygens (including phenoxy) is 7. The van der Waals surface area contributed by atoms with Crippen molar-refractivity contribution in [2.45, 2.75) is 309 Å². The van der Waals surface area contributed by atoms with E-state index < -0.39 is 97.9 Å². The molecule has 0 aromatic carbocycles. The van der Waals surface area contributed by atoms with Gasteiger partial charge in [0.05, 0.1) is 12.6 Å². The van der Waals surface area contributed by atoms with Crippen LogP contribution in [0, 0.1) is 0 Å². The molecular weight excluding hydrogens is 935 g/mol. The van der Waals surface area contributed by atoms with Crippen molar-refractivity contribution in [2.24, 2.45) is 0 Å². The fourth-order valence-corrected chi connectivity index (χ4v) is 9.35. The third-order valence-electron chi connectivity index (χ3n) is 13.3. The monoisotopic (exact) mass is 1040 g/mol. The molecule has 1 amide bonds. The van der Waals surface area contributed by atoms with Crippen molar-refractivity contribution in [1.82, 2.24) is 5.32 Å². The molecule has 1 aliphatic heterocycles. The summed E-state index contributed by atoms with van der Waals surface area (Å²) in [6.45, 7) is 9.40. The van der Waals surface area contributed by atoms with Crippen molar-refractivity contribution < 1.29 is 67.0 Å². The zero-order valence-electron chi connectivity index (χ0n) is 46.8. The van der Waals surface area contributed by atoms with Gasteiger partial charge in [-0.3, -0.25) is 28.8 Å². The van der Waals surface area contributed by atoms with Gasteiger partial charge in [0.2, 0.25) is 5.91 Å². The summed E-state index contributed by atoms with van der Waals surface area (Å²) in [5.74, 6) is -4.37. The normalized spacial score (nSPS) is 18.9. The highest BCUT2D eigenvalue weighted by atomic mass is 16.7. The second-order valence-corrected chi connectivity index (χ2v) is 20.4. The minimum Gasteiger partial charge on any atom is -0.463 e. The van der Waals surface area contributed by atoms with Gasteiger partial charge in [-0.25, -0.2) is 0 Å². The van der Waals surface area contributed by atoms with Crippen LogP contribution in [-0.2, 0) is 61.9 Å². The molecular formula is C58H103NO14. The van der Waals surface area contributed by atoms with E-state index in [9.17, 15) is 33.9 Å². The minimum atomic E-state index is -1.54. The SMILES string of the molecule is CCCCCCCCCCCCC/C=C/[C@@H](OC(C)=O)[C@H](CO[C@@H]1O[C@H](COC(C)=O)[C@H](OC(C)=O)C(OC(C)=O)C1OC(C)=O)NC(=O)C(O)CCCCCCCCCCCCCCCCCCCCCC. The number of aliphatic hydroxyl groups is 1. The number of carbonyl (C=O) groups excluding carboxylic acids is 6. The third kappa shape index (κ3) is 36.1. The van der Waals surface area contributed by atoms with E-state index in [4.69, 9.17) is 33.2 Å². The maximum atomic E-state index is 13.7. The van der Waals surface area contributed by atoms with Crippen molar-refractivity contribution in [3.63, 3.8) is 0 Å². The van der Waals surface area contributed by atoms with Gasteiger partial charge in [0.1, 0.15) is 24.9 Å². The number of hydrogen-bond acceptors (Lipinski definition) is 14. The number of carbonyl (C=O) groups is 6. The molecule has 1 fully saturated rings. The summed E-state index contributed by atoms with van der Waals surface area (Å²) >= 11 is 0. The van der Waals surface area contributed by atoms with Crippen LogP contribution >= 0.6 is 0 Å². The zero-order valence-corrected chi connectivity index (χ0v) is 46.8.